The zero-order valence-corrected chi connectivity index (χ0v) is 14.1. The van der Waals surface area contributed by atoms with Crippen LogP contribution in [0.4, 0.5) is 5.95 Å². The third kappa shape index (κ3) is 4.44. The van der Waals surface area contributed by atoms with Crippen molar-refractivity contribution in [1.82, 2.24) is 14.9 Å². The molecule has 0 aliphatic carbocycles. The molecule has 3 rings (SSSR count). The quantitative estimate of drug-likeness (QED) is 0.716. The molecule has 2 aromatic heterocycles. The third-order valence-electron chi connectivity index (χ3n) is 3.76. The standard InChI is InChI=1S/C19H20N4O2/c1-2-23(14-15-7-4-3-5-8-15)18(24)17-10-11-20-19(22-17)21-13-16-9-6-12-25-16/h3-12H,2,13-14H2,1H3,(H,20,21,22). The minimum atomic E-state index is -0.116. The minimum Gasteiger partial charge on any atom is -0.467 e. The fourth-order valence-electron chi connectivity index (χ4n) is 2.44. The van der Waals surface area contributed by atoms with Gasteiger partial charge in [0.25, 0.3) is 5.91 Å². The minimum absolute atomic E-state index is 0.116. The highest BCUT2D eigenvalue weighted by atomic mass is 16.3. The van der Waals surface area contributed by atoms with Crippen LogP contribution in [0.5, 0.6) is 0 Å². The van der Waals surface area contributed by atoms with E-state index in [2.05, 4.69) is 15.3 Å². The molecule has 0 bridgehead atoms. The van der Waals surface area contributed by atoms with Crippen LogP contribution in [0.2, 0.25) is 0 Å². The zero-order valence-electron chi connectivity index (χ0n) is 14.1. The highest BCUT2D eigenvalue weighted by Gasteiger charge is 2.16. The Bertz CT molecular complexity index is 803. The normalized spacial score (nSPS) is 10.4. The molecule has 0 atom stereocenters. The van der Waals surface area contributed by atoms with Gasteiger partial charge in [-0.1, -0.05) is 30.3 Å². The van der Waals surface area contributed by atoms with Crippen LogP contribution in [-0.4, -0.2) is 27.3 Å². The van der Waals surface area contributed by atoms with E-state index in [-0.39, 0.29) is 5.91 Å². The fourth-order valence-corrected chi connectivity index (χ4v) is 2.44. The summed E-state index contributed by atoms with van der Waals surface area (Å²) >= 11 is 0. The Hall–Kier alpha value is -3.15. The number of rotatable bonds is 7. The predicted octanol–water partition coefficient (Wildman–Crippen LogP) is 3.34. The number of benzene rings is 1. The summed E-state index contributed by atoms with van der Waals surface area (Å²) in [6.07, 6.45) is 3.20. The maximum absolute atomic E-state index is 12.8. The van der Waals surface area contributed by atoms with Crippen LogP contribution in [0, 0.1) is 0 Å². The Morgan fingerprint density at radius 1 is 1.16 bits per heavy atom. The molecule has 0 aliphatic heterocycles. The lowest BCUT2D eigenvalue weighted by molar-refractivity contribution is 0.0746. The lowest BCUT2D eigenvalue weighted by Gasteiger charge is -2.20. The Balaban J connectivity index is 1.68. The number of hydrogen-bond donors (Lipinski definition) is 1. The van der Waals surface area contributed by atoms with E-state index in [9.17, 15) is 4.79 Å². The van der Waals surface area contributed by atoms with Gasteiger partial charge in [0.15, 0.2) is 0 Å². The molecular weight excluding hydrogens is 316 g/mol. The topological polar surface area (TPSA) is 71.3 Å². The van der Waals surface area contributed by atoms with E-state index in [0.717, 1.165) is 11.3 Å². The van der Waals surface area contributed by atoms with E-state index in [1.54, 1.807) is 23.4 Å². The summed E-state index contributed by atoms with van der Waals surface area (Å²) < 4.78 is 5.26. The zero-order chi connectivity index (χ0) is 17.5. The molecule has 1 aromatic carbocycles. The number of amides is 1. The summed E-state index contributed by atoms with van der Waals surface area (Å²) in [6, 6.07) is 15.2. The molecule has 128 valence electrons. The molecule has 0 saturated heterocycles. The Kier molecular flexibility index (Phi) is 5.41. The molecule has 1 amide bonds. The SMILES string of the molecule is CCN(Cc1ccccc1)C(=O)c1ccnc(NCc2ccco2)n1. The van der Waals surface area contributed by atoms with Gasteiger partial charge in [0.05, 0.1) is 12.8 Å². The number of anilines is 1. The Morgan fingerprint density at radius 2 is 2.00 bits per heavy atom. The van der Waals surface area contributed by atoms with Crippen molar-refractivity contribution in [2.75, 3.05) is 11.9 Å². The van der Waals surface area contributed by atoms with Crippen LogP contribution in [0.25, 0.3) is 0 Å². The summed E-state index contributed by atoms with van der Waals surface area (Å²) in [4.78, 5) is 23.0. The molecule has 0 unspecified atom stereocenters. The van der Waals surface area contributed by atoms with Crippen LogP contribution in [0.15, 0.2) is 65.4 Å². The third-order valence-corrected chi connectivity index (χ3v) is 3.76. The van der Waals surface area contributed by atoms with Crippen molar-refractivity contribution >= 4 is 11.9 Å². The van der Waals surface area contributed by atoms with Crippen molar-refractivity contribution in [2.24, 2.45) is 0 Å². The van der Waals surface area contributed by atoms with Crippen molar-refractivity contribution < 1.29 is 9.21 Å². The van der Waals surface area contributed by atoms with E-state index in [1.165, 1.54) is 0 Å². The van der Waals surface area contributed by atoms with Gasteiger partial charge in [-0.2, -0.15) is 0 Å². The van der Waals surface area contributed by atoms with Gasteiger partial charge in [-0.3, -0.25) is 4.79 Å². The average Bonchev–Trinajstić information content (AvgIpc) is 3.18. The first-order valence-electron chi connectivity index (χ1n) is 8.18. The maximum atomic E-state index is 12.8. The molecule has 0 spiro atoms. The van der Waals surface area contributed by atoms with Crippen LogP contribution in [0.3, 0.4) is 0 Å². The van der Waals surface area contributed by atoms with Crippen molar-refractivity contribution in [1.29, 1.82) is 0 Å². The molecule has 0 aliphatic rings. The van der Waals surface area contributed by atoms with Crippen LogP contribution in [-0.2, 0) is 13.1 Å². The van der Waals surface area contributed by atoms with Gasteiger partial charge in [-0.05, 0) is 30.7 Å². The van der Waals surface area contributed by atoms with E-state index in [0.29, 0.717) is 31.3 Å². The lowest BCUT2D eigenvalue weighted by atomic mass is 10.2. The second-order valence-corrected chi connectivity index (χ2v) is 5.50. The molecule has 2 heterocycles. The second kappa shape index (κ2) is 8.10. The van der Waals surface area contributed by atoms with Gasteiger partial charge in [-0.15, -0.1) is 0 Å². The molecule has 0 fully saturated rings. The second-order valence-electron chi connectivity index (χ2n) is 5.50. The number of carbonyl (C=O) groups is 1. The summed E-state index contributed by atoms with van der Waals surface area (Å²) in [6.45, 7) is 3.58. The van der Waals surface area contributed by atoms with Crippen molar-refractivity contribution in [2.45, 2.75) is 20.0 Å². The highest BCUT2D eigenvalue weighted by Crippen LogP contribution is 2.10. The Morgan fingerprint density at radius 3 is 2.72 bits per heavy atom. The lowest BCUT2D eigenvalue weighted by Crippen LogP contribution is -2.31. The summed E-state index contributed by atoms with van der Waals surface area (Å²) in [5.74, 6) is 1.06. The molecule has 6 nitrogen and oxygen atoms in total. The molecule has 0 saturated carbocycles. The maximum Gasteiger partial charge on any atom is 0.272 e. The molecular formula is C19H20N4O2. The van der Waals surface area contributed by atoms with Crippen LogP contribution in [0.1, 0.15) is 28.7 Å². The number of nitrogens with zero attached hydrogens (tertiary/aromatic N) is 3. The number of aromatic nitrogens is 2. The molecule has 3 aromatic rings. The van der Waals surface area contributed by atoms with Crippen molar-refractivity contribution in [3.63, 3.8) is 0 Å². The highest BCUT2D eigenvalue weighted by molar-refractivity contribution is 5.92. The number of hydrogen-bond acceptors (Lipinski definition) is 5. The van der Waals surface area contributed by atoms with E-state index in [1.807, 2.05) is 49.4 Å². The van der Waals surface area contributed by atoms with Gasteiger partial charge < -0.3 is 14.6 Å². The monoisotopic (exact) mass is 336 g/mol. The van der Waals surface area contributed by atoms with Gasteiger partial charge in [-0.25, -0.2) is 9.97 Å². The van der Waals surface area contributed by atoms with Crippen LogP contribution < -0.4 is 5.32 Å². The van der Waals surface area contributed by atoms with E-state index < -0.39 is 0 Å². The summed E-state index contributed by atoms with van der Waals surface area (Å²) in [5.41, 5.74) is 1.46. The first-order valence-corrected chi connectivity index (χ1v) is 8.18. The summed E-state index contributed by atoms with van der Waals surface area (Å²) in [5, 5.41) is 3.06. The first-order chi connectivity index (χ1) is 12.3. The molecule has 6 heteroatoms. The van der Waals surface area contributed by atoms with Crippen molar-refractivity contribution in [3.05, 3.63) is 78.0 Å². The molecule has 25 heavy (non-hydrogen) atoms. The predicted molar refractivity (Wildman–Crippen MR) is 94.9 cm³/mol. The summed E-state index contributed by atoms with van der Waals surface area (Å²) in [7, 11) is 0. The Labute approximate surface area is 146 Å². The number of furan rings is 1. The van der Waals surface area contributed by atoms with E-state index >= 15 is 0 Å². The first kappa shape index (κ1) is 16.7. The molecule has 1 N–H and O–H groups in total. The number of carbonyl (C=O) groups excluding carboxylic acids is 1. The van der Waals surface area contributed by atoms with Gasteiger partial charge in [0.2, 0.25) is 5.95 Å². The van der Waals surface area contributed by atoms with Gasteiger partial charge in [0.1, 0.15) is 11.5 Å². The number of nitrogens with one attached hydrogen (secondary N) is 1. The van der Waals surface area contributed by atoms with Gasteiger partial charge in [0, 0.05) is 19.3 Å². The largest absolute Gasteiger partial charge is 0.467 e. The van der Waals surface area contributed by atoms with E-state index in [4.69, 9.17) is 4.42 Å². The average molecular weight is 336 g/mol. The van der Waals surface area contributed by atoms with Gasteiger partial charge >= 0.3 is 0 Å². The fraction of sp³-hybridized carbons (Fsp3) is 0.211. The van der Waals surface area contributed by atoms with Crippen LogP contribution >= 0.6 is 0 Å². The van der Waals surface area contributed by atoms with Crippen molar-refractivity contribution in [3.8, 4) is 0 Å². The molecule has 0 radical (unpaired) electrons. The smallest absolute Gasteiger partial charge is 0.272 e.